The standard InChI is InChI=1S/C11H20N2O2/c1-8(14)6-4-3-5-7-10-9(2)12-11(15)13-10/h9-10H,3-7H2,1-2H3,(H2,12,13,15)/t9-,10+/m0/s1. The second-order valence-electron chi connectivity index (χ2n) is 4.31. The number of hydrogen-bond donors (Lipinski definition) is 2. The Morgan fingerprint density at radius 3 is 2.53 bits per heavy atom. The van der Waals surface area contributed by atoms with E-state index in [-0.39, 0.29) is 23.9 Å². The van der Waals surface area contributed by atoms with Gasteiger partial charge in [0.25, 0.3) is 0 Å². The minimum absolute atomic E-state index is 0.0590. The Bertz CT molecular complexity index is 241. The average molecular weight is 212 g/mol. The number of nitrogens with one attached hydrogen (secondary N) is 2. The fourth-order valence-electron chi connectivity index (χ4n) is 1.88. The molecule has 0 bridgehead atoms. The summed E-state index contributed by atoms with van der Waals surface area (Å²) < 4.78 is 0. The topological polar surface area (TPSA) is 58.2 Å². The van der Waals surface area contributed by atoms with Gasteiger partial charge in [-0.15, -0.1) is 0 Å². The lowest BCUT2D eigenvalue weighted by atomic mass is 10.0. The molecule has 2 N–H and O–H groups in total. The fraction of sp³-hybridized carbons (Fsp3) is 0.818. The Morgan fingerprint density at radius 2 is 2.00 bits per heavy atom. The first kappa shape index (κ1) is 12.0. The van der Waals surface area contributed by atoms with Gasteiger partial charge in [-0.1, -0.05) is 12.8 Å². The van der Waals surface area contributed by atoms with Gasteiger partial charge >= 0.3 is 6.03 Å². The summed E-state index contributed by atoms with van der Waals surface area (Å²) >= 11 is 0. The van der Waals surface area contributed by atoms with Crippen molar-refractivity contribution in [1.82, 2.24) is 10.6 Å². The van der Waals surface area contributed by atoms with Crippen molar-refractivity contribution in [3.63, 3.8) is 0 Å². The van der Waals surface area contributed by atoms with Crippen LogP contribution in [0.25, 0.3) is 0 Å². The zero-order chi connectivity index (χ0) is 11.3. The molecule has 0 aromatic rings. The molecule has 4 heteroatoms. The van der Waals surface area contributed by atoms with E-state index in [1.165, 1.54) is 0 Å². The van der Waals surface area contributed by atoms with Crippen molar-refractivity contribution < 1.29 is 9.59 Å². The summed E-state index contributed by atoms with van der Waals surface area (Å²) in [5.74, 6) is 0.263. The number of hydrogen-bond acceptors (Lipinski definition) is 2. The Hall–Kier alpha value is -1.06. The number of Topliss-reactive ketones (excluding diaryl/α,β-unsaturated/α-hetero) is 1. The minimum Gasteiger partial charge on any atom is -0.334 e. The van der Waals surface area contributed by atoms with Gasteiger partial charge in [-0.25, -0.2) is 4.79 Å². The normalized spacial score (nSPS) is 24.8. The van der Waals surface area contributed by atoms with E-state index in [0.29, 0.717) is 6.42 Å². The monoisotopic (exact) mass is 212 g/mol. The predicted octanol–water partition coefficient (Wildman–Crippen LogP) is 1.60. The van der Waals surface area contributed by atoms with Crippen molar-refractivity contribution in [2.75, 3.05) is 0 Å². The second kappa shape index (κ2) is 5.73. The van der Waals surface area contributed by atoms with Crippen LogP contribution in [0, 0.1) is 0 Å². The van der Waals surface area contributed by atoms with Crippen molar-refractivity contribution in [3.05, 3.63) is 0 Å². The second-order valence-corrected chi connectivity index (χ2v) is 4.31. The summed E-state index contributed by atoms with van der Waals surface area (Å²) in [7, 11) is 0. The van der Waals surface area contributed by atoms with E-state index in [1.807, 2.05) is 6.92 Å². The predicted molar refractivity (Wildman–Crippen MR) is 58.7 cm³/mol. The Balaban J connectivity index is 2.05. The largest absolute Gasteiger partial charge is 0.334 e. The molecule has 0 radical (unpaired) electrons. The molecule has 86 valence electrons. The van der Waals surface area contributed by atoms with Crippen LogP contribution in [0.2, 0.25) is 0 Å². The van der Waals surface area contributed by atoms with Crippen LogP contribution in [0.4, 0.5) is 4.79 Å². The maximum atomic E-state index is 11.0. The van der Waals surface area contributed by atoms with E-state index in [1.54, 1.807) is 6.92 Å². The molecule has 0 unspecified atom stereocenters. The van der Waals surface area contributed by atoms with E-state index >= 15 is 0 Å². The molecule has 0 saturated carbocycles. The molecule has 1 aliphatic heterocycles. The fourth-order valence-corrected chi connectivity index (χ4v) is 1.88. The van der Waals surface area contributed by atoms with Crippen molar-refractivity contribution in [2.45, 2.75) is 58.0 Å². The molecular weight excluding hydrogens is 192 g/mol. The van der Waals surface area contributed by atoms with Crippen LogP contribution in [0.3, 0.4) is 0 Å². The molecule has 15 heavy (non-hydrogen) atoms. The Labute approximate surface area is 90.8 Å². The molecule has 1 fully saturated rings. The summed E-state index contributed by atoms with van der Waals surface area (Å²) in [4.78, 5) is 21.7. The number of carbonyl (C=O) groups is 2. The van der Waals surface area contributed by atoms with Gasteiger partial charge in [-0.2, -0.15) is 0 Å². The number of rotatable bonds is 6. The van der Waals surface area contributed by atoms with Crippen LogP contribution in [-0.2, 0) is 4.79 Å². The smallest absolute Gasteiger partial charge is 0.315 e. The van der Waals surface area contributed by atoms with Gasteiger partial charge in [0.15, 0.2) is 0 Å². The van der Waals surface area contributed by atoms with Crippen LogP contribution >= 0.6 is 0 Å². The number of urea groups is 1. The maximum Gasteiger partial charge on any atom is 0.315 e. The van der Waals surface area contributed by atoms with E-state index in [2.05, 4.69) is 10.6 Å². The lowest BCUT2D eigenvalue weighted by Gasteiger charge is -2.13. The molecular formula is C11H20N2O2. The lowest BCUT2D eigenvalue weighted by molar-refractivity contribution is -0.117. The molecule has 0 aliphatic carbocycles. The Kier molecular flexibility index (Phi) is 4.59. The first-order valence-corrected chi connectivity index (χ1v) is 5.66. The van der Waals surface area contributed by atoms with Gasteiger partial charge in [-0.05, 0) is 26.7 Å². The molecule has 2 amide bonds. The third-order valence-electron chi connectivity index (χ3n) is 2.82. The lowest BCUT2D eigenvalue weighted by Crippen LogP contribution is -2.30. The van der Waals surface area contributed by atoms with Crippen LogP contribution in [0.1, 0.15) is 46.0 Å². The molecule has 2 atom stereocenters. The number of amides is 2. The highest BCUT2D eigenvalue weighted by molar-refractivity contribution is 5.77. The first-order chi connectivity index (χ1) is 7.09. The molecule has 1 saturated heterocycles. The molecule has 1 rings (SSSR count). The van der Waals surface area contributed by atoms with Gasteiger partial charge in [0.05, 0.1) is 6.04 Å². The summed E-state index contributed by atoms with van der Waals surface area (Å²) in [6, 6.07) is 0.427. The molecule has 0 spiro atoms. The van der Waals surface area contributed by atoms with Crippen molar-refractivity contribution >= 4 is 11.8 Å². The number of unbranched alkanes of at least 4 members (excludes halogenated alkanes) is 2. The third-order valence-corrected chi connectivity index (χ3v) is 2.82. The van der Waals surface area contributed by atoms with Gasteiger partial charge in [0.1, 0.15) is 5.78 Å². The van der Waals surface area contributed by atoms with Crippen LogP contribution in [-0.4, -0.2) is 23.9 Å². The highest BCUT2D eigenvalue weighted by Crippen LogP contribution is 2.11. The first-order valence-electron chi connectivity index (χ1n) is 5.66. The summed E-state index contributed by atoms with van der Waals surface area (Å²) in [5, 5.41) is 5.71. The number of carbonyl (C=O) groups excluding carboxylic acids is 2. The highest BCUT2D eigenvalue weighted by Gasteiger charge is 2.26. The van der Waals surface area contributed by atoms with Crippen LogP contribution in [0.5, 0.6) is 0 Å². The van der Waals surface area contributed by atoms with Crippen molar-refractivity contribution in [1.29, 1.82) is 0 Å². The third kappa shape index (κ3) is 4.32. The van der Waals surface area contributed by atoms with Crippen LogP contribution < -0.4 is 10.6 Å². The maximum absolute atomic E-state index is 11.0. The molecule has 0 aromatic carbocycles. The van der Waals surface area contributed by atoms with E-state index in [9.17, 15) is 9.59 Å². The summed E-state index contributed by atoms with van der Waals surface area (Å²) in [6.45, 7) is 3.64. The quantitative estimate of drug-likeness (QED) is 0.657. The summed E-state index contributed by atoms with van der Waals surface area (Å²) in [5.41, 5.74) is 0. The average Bonchev–Trinajstić information content (AvgIpc) is 2.44. The van der Waals surface area contributed by atoms with Gasteiger partial charge in [0.2, 0.25) is 0 Å². The van der Waals surface area contributed by atoms with Crippen LogP contribution in [0.15, 0.2) is 0 Å². The highest BCUT2D eigenvalue weighted by atomic mass is 16.2. The minimum atomic E-state index is -0.0590. The SMILES string of the molecule is CC(=O)CCCCC[C@H]1NC(=O)N[C@H]1C. The summed E-state index contributed by atoms with van der Waals surface area (Å²) in [6.07, 6.45) is 4.80. The number of ketones is 1. The van der Waals surface area contributed by atoms with Crippen molar-refractivity contribution in [2.24, 2.45) is 0 Å². The van der Waals surface area contributed by atoms with E-state index in [0.717, 1.165) is 25.7 Å². The van der Waals surface area contributed by atoms with E-state index in [4.69, 9.17) is 0 Å². The van der Waals surface area contributed by atoms with E-state index < -0.39 is 0 Å². The molecule has 1 heterocycles. The zero-order valence-corrected chi connectivity index (χ0v) is 9.51. The zero-order valence-electron chi connectivity index (χ0n) is 9.51. The van der Waals surface area contributed by atoms with Gasteiger partial charge in [0, 0.05) is 12.5 Å². The van der Waals surface area contributed by atoms with Gasteiger partial charge < -0.3 is 15.4 Å². The van der Waals surface area contributed by atoms with Gasteiger partial charge in [-0.3, -0.25) is 0 Å². The molecule has 4 nitrogen and oxygen atoms in total. The molecule has 1 aliphatic rings. The van der Waals surface area contributed by atoms with Crippen molar-refractivity contribution in [3.8, 4) is 0 Å². The Morgan fingerprint density at radius 1 is 1.27 bits per heavy atom. The molecule has 0 aromatic heterocycles.